The Hall–Kier alpha value is -3.61. The lowest BCUT2D eigenvalue weighted by Crippen LogP contribution is -2.06. The molecule has 4 nitrogen and oxygen atoms in total. The number of halogens is 3. The Morgan fingerprint density at radius 2 is 1.66 bits per heavy atom. The molecule has 0 atom stereocenters. The number of aromatic nitrogens is 2. The fraction of sp³-hybridized carbons (Fsp3) is 0.0909. The van der Waals surface area contributed by atoms with E-state index in [1.165, 1.54) is 6.07 Å². The first-order chi connectivity index (χ1) is 13.9. The lowest BCUT2D eigenvalue weighted by atomic mass is 10.1. The van der Waals surface area contributed by atoms with Crippen molar-refractivity contribution < 1.29 is 17.9 Å². The van der Waals surface area contributed by atoms with E-state index in [1.54, 1.807) is 19.2 Å². The van der Waals surface area contributed by atoms with E-state index in [4.69, 9.17) is 4.74 Å². The standard InChI is InChI=1S/C22H16F3N3O/c1-29-17-9-4-6-14(12-17)20-27-19-11-3-2-10-18(19)21(28-20)26-16-8-5-7-15(13-16)22(23,24)25/h2-13H,1H3,(H,26,27,28). The van der Waals surface area contributed by atoms with Crippen LogP contribution in [0, 0.1) is 0 Å². The minimum atomic E-state index is -4.42. The molecule has 4 aromatic rings. The summed E-state index contributed by atoms with van der Waals surface area (Å²) in [5.41, 5.74) is 0.978. The van der Waals surface area contributed by atoms with Crippen LogP contribution in [0.4, 0.5) is 24.7 Å². The predicted molar refractivity (Wildman–Crippen MR) is 106 cm³/mol. The van der Waals surface area contributed by atoms with Crippen molar-refractivity contribution in [2.45, 2.75) is 6.18 Å². The summed E-state index contributed by atoms with van der Waals surface area (Å²) >= 11 is 0. The monoisotopic (exact) mass is 395 g/mol. The maximum absolute atomic E-state index is 13.1. The van der Waals surface area contributed by atoms with Crippen molar-refractivity contribution in [2.24, 2.45) is 0 Å². The van der Waals surface area contributed by atoms with Crippen LogP contribution in [0.3, 0.4) is 0 Å². The summed E-state index contributed by atoms with van der Waals surface area (Å²) in [6.45, 7) is 0. The molecule has 29 heavy (non-hydrogen) atoms. The molecule has 1 heterocycles. The van der Waals surface area contributed by atoms with Gasteiger partial charge in [0.05, 0.1) is 18.2 Å². The van der Waals surface area contributed by atoms with Gasteiger partial charge >= 0.3 is 6.18 Å². The van der Waals surface area contributed by atoms with E-state index in [0.29, 0.717) is 34.0 Å². The third-order valence-corrected chi connectivity index (χ3v) is 4.38. The molecule has 0 amide bonds. The van der Waals surface area contributed by atoms with Crippen molar-refractivity contribution in [3.8, 4) is 17.1 Å². The Bertz CT molecular complexity index is 1180. The van der Waals surface area contributed by atoms with E-state index < -0.39 is 11.7 Å². The number of fused-ring (bicyclic) bond motifs is 1. The summed E-state index contributed by atoms with van der Waals surface area (Å²) in [4.78, 5) is 9.17. The average Bonchev–Trinajstić information content (AvgIpc) is 2.73. The molecule has 0 aliphatic rings. The SMILES string of the molecule is COc1cccc(-c2nc(Nc3cccc(C(F)(F)F)c3)c3ccccc3n2)c1. The maximum atomic E-state index is 13.1. The Morgan fingerprint density at radius 1 is 0.862 bits per heavy atom. The summed E-state index contributed by atoms with van der Waals surface area (Å²) in [5.74, 6) is 1.52. The molecule has 1 N–H and O–H groups in total. The first-order valence-electron chi connectivity index (χ1n) is 8.79. The van der Waals surface area contributed by atoms with Crippen LogP contribution in [0.25, 0.3) is 22.3 Å². The summed E-state index contributed by atoms with van der Waals surface area (Å²) in [6.07, 6.45) is -4.42. The van der Waals surface area contributed by atoms with E-state index in [-0.39, 0.29) is 0 Å². The minimum Gasteiger partial charge on any atom is -0.497 e. The fourth-order valence-electron chi connectivity index (χ4n) is 2.97. The molecule has 3 aromatic carbocycles. The van der Waals surface area contributed by atoms with E-state index in [0.717, 1.165) is 17.7 Å². The molecule has 0 aliphatic carbocycles. The molecule has 146 valence electrons. The van der Waals surface area contributed by atoms with Crippen LogP contribution in [0.15, 0.2) is 72.8 Å². The molecule has 1 aromatic heterocycles. The van der Waals surface area contributed by atoms with E-state index in [2.05, 4.69) is 15.3 Å². The van der Waals surface area contributed by atoms with Crippen molar-refractivity contribution in [3.63, 3.8) is 0 Å². The molecule has 0 bridgehead atoms. The predicted octanol–water partition coefficient (Wildman–Crippen LogP) is 6.07. The summed E-state index contributed by atoms with van der Waals surface area (Å²) in [7, 11) is 1.57. The van der Waals surface area contributed by atoms with Gasteiger partial charge in [-0.25, -0.2) is 9.97 Å². The van der Waals surface area contributed by atoms with Crippen LogP contribution >= 0.6 is 0 Å². The molecule has 7 heteroatoms. The van der Waals surface area contributed by atoms with Gasteiger partial charge in [0.25, 0.3) is 0 Å². The van der Waals surface area contributed by atoms with Gasteiger partial charge in [-0.1, -0.05) is 30.3 Å². The zero-order valence-corrected chi connectivity index (χ0v) is 15.4. The van der Waals surface area contributed by atoms with Crippen molar-refractivity contribution in [2.75, 3.05) is 12.4 Å². The highest BCUT2D eigenvalue weighted by Crippen LogP contribution is 2.33. The van der Waals surface area contributed by atoms with Gasteiger partial charge in [-0.15, -0.1) is 0 Å². The van der Waals surface area contributed by atoms with Gasteiger partial charge in [-0.2, -0.15) is 13.2 Å². The molecule has 0 radical (unpaired) electrons. The maximum Gasteiger partial charge on any atom is 0.416 e. The molecule has 0 saturated carbocycles. The number of hydrogen-bond donors (Lipinski definition) is 1. The van der Waals surface area contributed by atoms with Crippen molar-refractivity contribution in [1.82, 2.24) is 9.97 Å². The third-order valence-electron chi connectivity index (χ3n) is 4.38. The quantitative estimate of drug-likeness (QED) is 0.456. The Labute approximate surface area is 165 Å². The number of ether oxygens (including phenoxy) is 1. The molecule has 0 spiro atoms. The Morgan fingerprint density at radius 3 is 2.45 bits per heavy atom. The zero-order valence-electron chi connectivity index (χ0n) is 15.4. The summed E-state index contributed by atoms with van der Waals surface area (Å²) < 4.78 is 44.4. The average molecular weight is 395 g/mol. The second-order valence-electron chi connectivity index (χ2n) is 6.35. The topological polar surface area (TPSA) is 47.0 Å². The van der Waals surface area contributed by atoms with E-state index in [1.807, 2.05) is 42.5 Å². The molecule has 0 saturated heterocycles. The van der Waals surface area contributed by atoms with Crippen molar-refractivity contribution >= 4 is 22.4 Å². The highest BCUT2D eigenvalue weighted by atomic mass is 19.4. The fourth-order valence-corrected chi connectivity index (χ4v) is 2.97. The van der Waals surface area contributed by atoms with Crippen LogP contribution < -0.4 is 10.1 Å². The number of rotatable bonds is 4. The van der Waals surface area contributed by atoms with E-state index >= 15 is 0 Å². The number of hydrogen-bond acceptors (Lipinski definition) is 4. The van der Waals surface area contributed by atoms with Crippen molar-refractivity contribution in [1.29, 1.82) is 0 Å². The highest BCUT2D eigenvalue weighted by molar-refractivity contribution is 5.92. The van der Waals surface area contributed by atoms with Crippen LogP contribution in [0.1, 0.15) is 5.56 Å². The third kappa shape index (κ3) is 3.99. The number of anilines is 2. The summed E-state index contributed by atoms with van der Waals surface area (Å²) in [6, 6.07) is 19.6. The van der Waals surface area contributed by atoms with Gasteiger partial charge in [0.15, 0.2) is 5.82 Å². The van der Waals surface area contributed by atoms with E-state index in [9.17, 15) is 13.2 Å². The number of nitrogens with one attached hydrogen (secondary N) is 1. The number of benzene rings is 3. The Kier molecular flexibility index (Phi) is 4.80. The second-order valence-corrected chi connectivity index (χ2v) is 6.35. The first-order valence-corrected chi connectivity index (χ1v) is 8.79. The minimum absolute atomic E-state index is 0.292. The highest BCUT2D eigenvalue weighted by Gasteiger charge is 2.30. The van der Waals surface area contributed by atoms with Gasteiger partial charge in [0, 0.05) is 16.6 Å². The molecular formula is C22H16F3N3O. The molecule has 4 rings (SSSR count). The number of para-hydroxylation sites is 1. The van der Waals surface area contributed by atoms with Crippen LogP contribution in [0.5, 0.6) is 5.75 Å². The van der Waals surface area contributed by atoms with Crippen molar-refractivity contribution in [3.05, 3.63) is 78.4 Å². The zero-order chi connectivity index (χ0) is 20.4. The lowest BCUT2D eigenvalue weighted by molar-refractivity contribution is -0.137. The molecule has 0 fully saturated rings. The van der Waals surface area contributed by atoms with Crippen LogP contribution in [-0.4, -0.2) is 17.1 Å². The molecule has 0 aliphatic heterocycles. The Balaban J connectivity index is 1.81. The number of alkyl halides is 3. The summed E-state index contributed by atoms with van der Waals surface area (Å²) in [5, 5.41) is 3.72. The van der Waals surface area contributed by atoms with Gasteiger partial charge in [-0.3, -0.25) is 0 Å². The van der Waals surface area contributed by atoms with Gasteiger partial charge < -0.3 is 10.1 Å². The number of methoxy groups -OCH3 is 1. The van der Waals surface area contributed by atoms with Crippen LogP contribution in [-0.2, 0) is 6.18 Å². The van der Waals surface area contributed by atoms with Gasteiger partial charge in [-0.05, 0) is 42.5 Å². The second kappa shape index (κ2) is 7.43. The molecule has 0 unspecified atom stereocenters. The largest absolute Gasteiger partial charge is 0.497 e. The smallest absolute Gasteiger partial charge is 0.416 e. The lowest BCUT2D eigenvalue weighted by Gasteiger charge is -2.13. The van der Waals surface area contributed by atoms with Crippen LogP contribution in [0.2, 0.25) is 0 Å². The normalized spacial score (nSPS) is 11.4. The first kappa shape index (κ1) is 18.7. The van der Waals surface area contributed by atoms with Gasteiger partial charge in [0.1, 0.15) is 11.6 Å². The molecular weight excluding hydrogens is 379 g/mol. The number of nitrogens with zero attached hydrogens (tertiary/aromatic N) is 2. The van der Waals surface area contributed by atoms with Gasteiger partial charge in [0.2, 0.25) is 0 Å².